The maximum atomic E-state index is 9.37. The van der Waals surface area contributed by atoms with Gasteiger partial charge in [0, 0.05) is 10.4 Å². The molecule has 0 aliphatic rings. The molecule has 2 rings (SSSR count). The number of rotatable bonds is 4. The molecular formula is C15H14N2O2S. The molecule has 0 amide bonds. The Labute approximate surface area is 121 Å². The molecule has 102 valence electrons. The molecule has 0 spiro atoms. The van der Waals surface area contributed by atoms with E-state index in [1.807, 2.05) is 29.6 Å². The minimum atomic E-state index is 0.380. The third-order valence-electron chi connectivity index (χ3n) is 2.84. The lowest BCUT2D eigenvalue weighted by molar-refractivity contribution is 0.354. The Morgan fingerprint density at radius 3 is 2.55 bits per heavy atom. The number of nitrogens with two attached hydrogens (primary N) is 1. The zero-order valence-electron chi connectivity index (χ0n) is 11.2. The van der Waals surface area contributed by atoms with Gasteiger partial charge in [-0.15, -0.1) is 11.3 Å². The van der Waals surface area contributed by atoms with Gasteiger partial charge in [-0.05, 0) is 23.6 Å². The van der Waals surface area contributed by atoms with Crippen LogP contribution in [0.5, 0.6) is 11.5 Å². The molecule has 0 saturated heterocycles. The summed E-state index contributed by atoms with van der Waals surface area (Å²) < 4.78 is 10.6. The Hall–Kier alpha value is -2.45. The number of benzene rings is 1. The van der Waals surface area contributed by atoms with Crippen molar-refractivity contribution < 1.29 is 9.47 Å². The average molecular weight is 286 g/mol. The topological polar surface area (TPSA) is 68.3 Å². The van der Waals surface area contributed by atoms with E-state index in [9.17, 15) is 5.26 Å². The van der Waals surface area contributed by atoms with Gasteiger partial charge in [0.25, 0.3) is 0 Å². The lowest BCUT2D eigenvalue weighted by Gasteiger charge is -2.13. The molecule has 0 saturated carbocycles. The Bertz CT molecular complexity index is 670. The van der Waals surface area contributed by atoms with Crippen LogP contribution in [-0.2, 0) is 0 Å². The average Bonchev–Trinajstić information content (AvgIpc) is 3.00. The highest BCUT2D eigenvalue weighted by Gasteiger charge is 2.16. The van der Waals surface area contributed by atoms with Crippen LogP contribution in [0.2, 0.25) is 0 Å². The maximum absolute atomic E-state index is 9.37. The normalized spacial score (nSPS) is 11.4. The largest absolute Gasteiger partial charge is 0.493 e. The first-order chi connectivity index (χ1) is 9.72. The first-order valence-corrected chi connectivity index (χ1v) is 6.76. The van der Waals surface area contributed by atoms with Crippen LogP contribution >= 0.6 is 11.3 Å². The van der Waals surface area contributed by atoms with Crippen molar-refractivity contribution in [3.63, 3.8) is 0 Å². The second kappa shape index (κ2) is 6.13. The fourth-order valence-electron chi connectivity index (χ4n) is 1.90. The van der Waals surface area contributed by atoms with Crippen molar-refractivity contribution in [2.45, 2.75) is 0 Å². The highest BCUT2D eigenvalue weighted by molar-refractivity contribution is 7.11. The van der Waals surface area contributed by atoms with Crippen molar-refractivity contribution in [2.24, 2.45) is 5.73 Å². The summed E-state index contributed by atoms with van der Waals surface area (Å²) >= 11 is 1.47. The van der Waals surface area contributed by atoms with E-state index in [1.165, 1.54) is 11.3 Å². The predicted molar refractivity (Wildman–Crippen MR) is 80.5 cm³/mol. The minimum Gasteiger partial charge on any atom is -0.493 e. The predicted octanol–water partition coefficient (Wildman–Crippen LogP) is 3.12. The van der Waals surface area contributed by atoms with Gasteiger partial charge < -0.3 is 15.2 Å². The smallest absolute Gasteiger partial charge is 0.170 e. The molecule has 0 radical (unpaired) electrons. The van der Waals surface area contributed by atoms with E-state index in [0.717, 1.165) is 4.88 Å². The second-order valence-corrected chi connectivity index (χ2v) is 4.87. The van der Waals surface area contributed by atoms with Crippen molar-refractivity contribution in [1.82, 2.24) is 0 Å². The van der Waals surface area contributed by atoms with Gasteiger partial charge in [-0.3, -0.25) is 0 Å². The number of nitriles is 1. The van der Waals surface area contributed by atoms with Crippen LogP contribution in [0.1, 0.15) is 10.4 Å². The number of nitrogens with zero attached hydrogens (tertiary/aromatic N) is 1. The number of hydrogen-bond donors (Lipinski definition) is 1. The van der Waals surface area contributed by atoms with E-state index >= 15 is 0 Å². The lowest BCUT2D eigenvalue weighted by Crippen LogP contribution is -2.03. The summed E-state index contributed by atoms with van der Waals surface area (Å²) in [5.74, 6) is 1.10. The SMILES string of the molecule is COc1cccc(/C(N)=C(/C#N)c2cccs2)c1OC. The highest BCUT2D eigenvalue weighted by Crippen LogP contribution is 2.36. The molecule has 2 N–H and O–H groups in total. The Kier molecular flexibility index (Phi) is 4.28. The fraction of sp³-hybridized carbons (Fsp3) is 0.133. The van der Waals surface area contributed by atoms with Crippen LogP contribution in [0.4, 0.5) is 0 Å². The van der Waals surface area contributed by atoms with Gasteiger partial charge in [-0.1, -0.05) is 12.1 Å². The van der Waals surface area contributed by atoms with E-state index in [0.29, 0.717) is 28.3 Å². The summed E-state index contributed by atoms with van der Waals surface area (Å²) in [5, 5.41) is 11.3. The molecule has 0 aliphatic carbocycles. The first kappa shape index (κ1) is 14.0. The fourth-order valence-corrected chi connectivity index (χ4v) is 2.64. The summed E-state index contributed by atoms with van der Waals surface area (Å²) in [6.07, 6.45) is 0. The van der Waals surface area contributed by atoms with Crippen LogP contribution in [-0.4, -0.2) is 14.2 Å². The van der Waals surface area contributed by atoms with Gasteiger partial charge in [0.15, 0.2) is 11.5 Å². The van der Waals surface area contributed by atoms with Crippen LogP contribution in [0.3, 0.4) is 0 Å². The Morgan fingerprint density at radius 1 is 1.20 bits per heavy atom. The maximum Gasteiger partial charge on any atom is 0.170 e. The number of methoxy groups -OCH3 is 2. The van der Waals surface area contributed by atoms with Gasteiger partial charge in [0.1, 0.15) is 6.07 Å². The molecular weight excluding hydrogens is 272 g/mol. The molecule has 0 bridgehead atoms. The van der Waals surface area contributed by atoms with Crippen molar-refractivity contribution in [2.75, 3.05) is 14.2 Å². The van der Waals surface area contributed by atoms with Gasteiger partial charge in [0.05, 0.1) is 25.5 Å². The molecule has 2 aromatic rings. The van der Waals surface area contributed by atoms with Crippen LogP contribution in [0, 0.1) is 11.3 Å². The first-order valence-electron chi connectivity index (χ1n) is 5.88. The molecule has 0 atom stereocenters. The van der Waals surface area contributed by atoms with Gasteiger partial charge in [-0.25, -0.2) is 0 Å². The highest BCUT2D eigenvalue weighted by atomic mass is 32.1. The number of para-hydroxylation sites is 1. The monoisotopic (exact) mass is 286 g/mol. The Morgan fingerprint density at radius 2 is 2.00 bits per heavy atom. The van der Waals surface area contributed by atoms with E-state index in [4.69, 9.17) is 15.2 Å². The summed E-state index contributed by atoms with van der Waals surface area (Å²) in [6, 6.07) is 11.3. The van der Waals surface area contributed by atoms with Gasteiger partial charge in [-0.2, -0.15) is 5.26 Å². The molecule has 4 nitrogen and oxygen atoms in total. The molecule has 1 aromatic heterocycles. The lowest BCUT2D eigenvalue weighted by atomic mass is 10.0. The van der Waals surface area contributed by atoms with Crippen molar-refractivity contribution in [3.05, 3.63) is 46.2 Å². The summed E-state index contributed by atoms with van der Waals surface area (Å²) in [6.45, 7) is 0. The number of hydrogen-bond acceptors (Lipinski definition) is 5. The van der Waals surface area contributed by atoms with E-state index in [2.05, 4.69) is 6.07 Å². The van der Waals surface area contributed by atoms with Crippen molar-refractivity contribution in [1.29, 1.82) is 5.26 Å². The zero-order valence-corrected chi connectivity index (χ0v) is 12.0. The van der Waals surface area contributed by atoms with Crippen LogP contribution in [0.25, 0.3) is 11.3 Å². The van der Waals surface area contributed by atoms with Crippen molar-refractivity contribution in [3.8, 4) is 17.6 Å². The number of thiophene rings is 1. The molecule has 1 heterocycles. The second-order valence-electron chi connectivity index (χ2n) is 3.92. The standard InChI is InChI=1S/C15H14N2O2S/c1-18-12-6-3-5-10(15(12)19-2)14(17)11(9-16)13-7-4-8-20-13/h3-8H,17H2,1-2H3/b14-11+. The van der Waals surface area contributed by atoms with E-state index in [-0.39, 0.29) is 0 Å². The molecule has 0 unspecified atom stereocenters. The molecule has 0 fully saturated rings. The summed E-state index contributed by atoms with van der Waals surface area (Å²) in [7, 11) is 3.11. The number of ether oxygens (including phenoxy) is 2. The van der Waals surface area contributed by atoms with E-state index < -0.39 is 0 Å². The van der Waals surface area contributed by atoms with Crippen LogP contribution < -0.4 is 15.2 Å². The minimum absolute atomic E-state index is 0.380. The van der Waals surface area contributed by atoms with Gasteiger partial charge in [0.2, 0.25) is 0 Å². The van der Waals surface area contributed by atoms with Crippen LogP contribution in [0.15, 0.2) is 35.7 Å². The zero-order chi connectivity index (χ0) is 14.5. The van der Waals surface area contributed by atoms with Crippen molar-refractivity contribution >= 4 is 22.6 Å². The molecule has 1 aromatic carbocycles. The third-order valence-corrected chi connectivity index (χ3v) is 3.73. The quantitative estimate of drug-likeness (QED) is 0.877. The molecule has 20 heavy (non-hydrogen) atoms. The van der Waals surface area contributed by atoms with E-state index in [1.54, 1.807) is 20.3 Å². The third kappa shape index (κ3) is 2.46. The summed E-state index contributed by atoms with van der Waals surface area (Å²) in [5.41, 5.74) is 7.64. The molecule has 0 aliphatic heterocycles. The molecule has 5 heteroatoms. The van der Waals surface area contributed by atoms with Gasteiger partial charge >= 0.3 is 0 Å². The number of allylic oxidation sites excluding steroid dienone is 1. The Balaban J connectivity index is 2.64. The summed E-state index contributed by atoms with van der Waals surface area (Å²) in [4.78, 5) is 0.829.